The number of carbonyl (C=O) groups excluding carboxylic acids is 3. The summed E-state index contributed by atoms with van der Waals surface area (Å²) in [7, 11) is 0. The molecular formula is C33H36O6. The standard InChI is InChI=1S/C33H36O6/c1-19-7-20(2)11-28(10-19)37-31(34)25-16-26(32(35)38-29-12-21(3)8-22(4)13-29)18-27(17-25)33(36)39-30-14-23(5)9-24(6)15-30/h7-15,25-27H,16-18H2,1-6H3. The fourth-order valence-electron chi connectivity index (χ4n) is 5.47. The molecule has 3 aromatic carbocycles. The van der Waals surface area contributed by atoms with Gasteiger partial charge in [0.25, 0.3) is 0 Å². The van der Waals surface area contributed by atoms with Crippen LogP contribution >= 0.6 is 0 Å². The molecule has 1 saturated carbocycles. The van der Waals surface area contributed by atoms with E-state index in [1.165, 1.54) is 0 Å². The second kappa shape index (κ2) is 11.9. The first-order valence-electron chi connectivity index (χ1n) is 13.3. The highest BCUT2D eigenvalue weighted by atomic mass is 16.5. The Balaban J connectivity index is 1.55. The molecule has 6 nitrogen and oxygen atoms in total. The van der Waals surface area contributed by atoms with Crippen LogP contribution in [0.3, 0.4) is 0 Å². The van der Waals surface area contributed by atoms with Crippen LogP contribution in [-0.2, 0) is 14.4 Å². The first-order chi connectivity index (χ1) is 18.4. The minimum Gasteiger partial charge on any atom is -0.426 e. The molecule has 1 fully saturated rings. The normalized spacial score (nSPS) is 18.8. The minimum atomic E-state index is -0.659. The largest absolute Gasteiger partial charge is 0.426 e. The molecule has 0 unspecified atom stereocenters. The lowest BCUT2D eigenvalue weighted by Gasteiger charge is -2.31. The number of esters is 3. The van der Waals surface area contributed by atoms with Crippen LogP contribution in [0, 0.1) is 59.3 Å². The molecule has 0 radical (unpaired) electrons. The molecule has 0 saturated heterocycles. The number of hydrogen-bond donors (Lipinski definition) is 0. The minimum absolute atomic E-state index is 0.237. The van der Waals surface area contributed by atoms with Gasteiger partial charge in [-0.3, -0.25) is 14.4 Å². The fourth-order valence-corrected chi connectivity index (χ4v) is 5.47. The van der Waals surface area contributed by atoms with Crippen molar-refractivity contribution >= 4 is 17.9 Å². The summed E-state index contributed by atoms with van der Waals surface area (Å²) >= 11 is 0. The van der Waals surface area contributed by atoms with Gasteiger partial charge in [-0.2, -0.15) is 0 Å². The van der Waals surface area contributed by atoms with Crippen LogP contribution in [-0.4, -0.2) is 17.9 Å². The highest BCUT2D eigenvalue weighted by Gasteiger charge is 2.41. The van der Waals surface area contributed by atoms with Crippen LogP contribution in [0.25, 0.3) is 0 Å². The Hall–Kier alpha value is -3.93. The Bertz CT molecular complexity index is 1170. The zero-order valence-electron chi connectivity index (χ0n) is 23.5. The summed E-state index contributed by atoms with van der Waals surface area (Å²) in [5, 5.41) is 0. The van der Waals surface area contributed by atoms with Crippen molar-refractivity contribution in [3.05, 3.63) is 88.0 Å². The maximum Gasteiger partial charge on any atom is 0.314 e. The van der Waals surface area contributed by atoms with Gasteiger partial charge in [0.1, 0.15) is 17.2 Å². The smallest absolute Gasteiger partial charge is 0.314 e. The fraction of sp³-hybridized carbons (Fsp3) is 0.364. The van der Waals surface area contributed by atoms with Gasteiger partial charge < -0.3 is 14.2 Å². The molecular weight excluding hydrogens is 492 g/mol. The van der Waals surface area contributed by atoms with E-state index in [0.29, 0.717) is 17.2 Å². The molecule has 0 N–H and O–H groups in total. The molecule has 0 aliphatic heterocycles. The summed E-state index contributed by atoms with van der Waals surface area (Å²) in [6.07, 6.45) is 0.710. The lowest BCUT2D eigenvalue weighted by Crippen LogP contribution is -2.39. The lowest BCUT2D eigenvalue weighted by molar-refractivity contribution is -0.150. The number of ether oxygens (including phenoxy) is 3. The molecule has 39 heavy (non-hydrogen) atoms. The second-order valence-electron chi connectivity index (χ2n) is 11.0. The molecule has 204 valence electrons. The molecule has 0 amide bonds. The third kappa shape index (κ3) is 7.56. The van der Waals surface area contributed by atoms with Gasteiger partial charge in [0.2, 0.25) is 0 Å². The SMILES string of the molecule is Cc1cc(C)cc(OC(=O)C2CC(C(=O)Oc3cc(C)cc(C)c3)CC(C(=O)Oc3cc(C)cc(C)c3)C2)c1. The van der Waals surface area contributed by atoms with E-state index in [-0.39, 0.29) is 19.3 Å². The quantitative estimate of drug-likeness (QED) is 0.262. The van der Waals surface area contributed by atoms with Gasteiger partial charge in [0.15, 0.2) is 0 Å². The van der Waals surface area contributed by atoms with Crippen LogP contribution in [0.1, 0.15) is 52.6 Å². The van der Waals surface area contributed by atoms with Gasteiger partial charge in [-0.05, 0) is 131 Å². The van der Waals surface area contributed by atoms with Crippen LogP contribution in [0.5, 0.6) is 17.2 Å². The summed E-state index contributed by atoms with van der Waals surface area (Å²) in [5.74, 6) is -2.02. The molecule has 3 aromatic rings. The van der Waals surface area contributed by atoms with Crippen molar-refractivity contribution < 1.29 is 28.6 Å². The van der Waals surface area contributed by atoms with Gasteiger partial charge in [-0.25, -0.2) is 0 Å². The number of benzene rings is 3. The number of carbonyl (C=O) groups is 3. The monoisotopic (exact) mass is 528 g/mol. The van der Waals surface area contributed by atoms with E-state index in [1.807, 2.05) is 59.7 Å². The first-order valence-corrected chi connectivity index (χ1v) is 13.3. The average molecular weight is 529 g/mol. The molecule has 0 heterocycles. The molecule has 1 aliphatic rings. The second-order valence-corrected chi connectivity index (χ2v) is 11.0. The van der Waals surface area contributed by atoms with Crippen molar-refractivity contribution in [1.82, 2.24) is 0 Å². The van der Waals surface area contributed by atoms with Crippen molar-refractivity contribution in [3.8, 4) is 17.2 Å². The van der Waals surface area contributed by atoms with Gasteiger partial charge >= 0.3 is 17.9 Å². The molecule has 0 spiro atoms. The first kappa shape index (κ1) is 28.1. The Kier molecular flexibility index (Phi) is 8.54. The third-order valence-corrected chi connectivity index (χ3v) is 6.95. The molecule has 6 heteroatoms. The Morgan fingerprint density at radius 2 is 0.641 bits per heavy atom. The van der Waals surface area contributed by atoms with E-state index in [1.54, 1.807) is 36.4 Å². The summed E-state index contributed by atoms with van der Waals surface area (Å²) in [6, 6.07) is 16.8. The van der Waals surface area contributed by atoms with Crippen molar-refractivity contribution in [2.24, 2.45) is 17.8 Å². The van der Waals surface area contributed by atoms with Crippen molar-refractivity contribution in [2.75, 3.05) is 0 Å². The molecule has 0 aromatic heterocycles. The molecule has 1 aliphatic carbocycles. The molecule has 0 bridgehead atoms. The van der Waals surface area contributed by atoms with Gasteiger partial charge in [0.05, 0.1) is 17.8 Å². The van der Waals surface area contributed by atoms with Crippen molar-refractivity contribution in [3.63, 3.8) is 0 Å². The van der Waals surface area contributed by atoms with E-state index in [9.17, 15) is 14.4 Å². The Morgan fingerprint density at radius 1 is 0.436 bits per heavy atom. The van der Waals surface area contributed by atoms with Crippen LogP contribution < -0.4 is 14.2 Å². The average Bonchev–Trinajstić information content (AvgIpc) is 2.81. The number of aryl methyl sites for hydroxylation is 6. The summed E-state index contributed by atoms with van der Waals surface area (Å²) in [6.45, 7) is 11.6. The maximum atomic E-state index is 13.3. The zero-order valence-corrected chi connectivity index (χ0v) is 23.5. The van der Waals surface area contributed by atoms with Crippen LogP contribution in [0.4, 0.5) is 0 Å². The predicted molar refractivity (Wildman–Crippen MR) is 149 cm³/mol. The summed E-state index contributed by atoms with van der Waals surface area (Å²) < 4.78 is 17.2. The Labute approximate surface area is 230 Å². The van der Waals surface area contributed by atoms with E-state index in [0.717, 1.165) is 33.4 Å². The van der Waals surface area contributed by atoms with Gasteiger partial charge in [-0.15, -0.1) is 0 Å². The Morgan fingerprint density at radius 3 is 0.846 bits per heavy atom. The van der Waals surface area contributed by atoms with E-state index in [2.05, 4.69) is 0 Å². The van der Waals surface area contributed by atoms with Crippen molar-refractivity contribution in [1.29, 1.82) is 0 Å². The highest BCUT2D eigenvalue weighted by Crippen LogP contribution is 2.37. The topological polar surface area (TPSA) is 78.9 Å². The third-order valence-electron chi connectivity index (χ3n) is 6.95. The molecule has 0 atom stereocenters. The predicted octanol–water partition coefficient (Wildman–Crippen LogP) is 6.69. The number of hydrogen-bond acceptors (Lipinski definition) is 6. The van der Waals surface area contributed by atoms with Crippen LogP contribution in [0.15, 0.2) is 54.6 Å². The van der Waals surface area contributed by atoms with Crippen molar-refractivity contribution in [2.45, 2.75) is 60.8 Å². The van der Waals surface area contributed by atoms with Crippen LogP contribution in [0.2, 0.25) is 0 Å². The lowest BCUT2D eigenvalue weighted by atomic mass is 9.75. The number of rotatable bonds is 6. The van der Waals surface area contributed by atoms with E-state index < -0.39 is 35.7 Å². The van der Waals surface area contributed by atoms with E-state index in [4.69, 9.17) is 14.2 Å². The van der Waals surface area contributed by atoms with Gasteiger partial charge in [0, 0.05) is 0 Å². The van der Waals surface area contributed by atoms with E-state index >= 15 is 0 Å². The summed E-state index contributed by atoms with van der Waals surface area (Å²) in [4.78, 5) is 39.9. The highest BCUT2D eigenvalue weighted by molar-refractivity contribution is 5.83. The van der Waals surface area contributed by atoms with Gasteiger partial charge in [-0.1, -0.05) is 18.2 Å². The summed E-state index contributed by atoms with van der Waals surface area (Å²) in [5.41, 5.74) is 5.87. The maximum absolute atomic E-state index is 13.3. The molecule has 4 rings (SSSR count). The zero-order chi connectivity index (χ0) is 28.3.